The number of rotatable bonds is 9. The third kappa shape index (κ3) is 7.18. The molecule has 5 heteroatoms. The van der Waals surface area contributed by atoms with Crippen LogP contribution in [-0.2, 0) is 15.3 Å². The zero-order valence-electron chi connectivity index (χ0n) is 12.6. The molecule has 1 aromatic carbocycles. The Morgan fingerprint density at radius 2 is 2.14 bits per heavy atom. The average Bonchev–Trinajstić information content (AvgIpc) is 2.43. The maximum atomic E-state index is 11.8. The zero-order chi connectivity index (χ0) is 15.7. The van der Waals surface area contributed by atoms with Crippen LogP contribution in [0.25, 0.3) is 0 Å². The largest absolute Gasteiger partial charge is 0.480 e. The van der Waals surface area contributed by atoms with E-state index in [2.05, 4.69) is 11.4 Å². The van der Waals surface area contributed by atoms with Crippen LogP contribution in [0.2, 0.25) is 0 Å². The van der Waals surface area contributed by atoms with Gasteiger partial charge in [-0.3, -0.25) is 4.79 Å². The van der Waals surface area contributed by atoms with Gasteiger partial charge < -0.3 is 10.4 Å². The van der Waals surface area contributed by atoms with Crippen molar-refractivity contribution in [2.75, 3.05) is 5.75 Å². The smallest absolute Gasteiger partial charge is 0.326 e. The molecule has 4 nitrogen and oxygen atoms in total. The monoisotopic (exact) mass is 309 g/mol. The summed E-state index contributed by atoms with van der Waals surface area (Å²) in [7, 11) is 0. The number of amides is 1. The average molecular weight is 309 g/mol. The first-order chi connectivity index (χ1) is 10.0. The number of aliphatic carboxylic acids is 1. The van der Waals surface area contributed by atoms with E-state index in [0.29, 0.717) is 6.42 Å². The number of carboxylic acid groups (broad SMARTS) is 1. The fourth-order valence-corrected chi connectivity index (χ4v) is 2.75. The number of hydrogen-bond donors (Lipinski definition) is 2. The van der Waals surface area contributed by atoms with Crippen LogP contribution in [0.3, 0.4) is 0 Å². The Balaban J connectivity index is 2.34. The Hall–Kier alpha value is -1.49. The van der Waals surface area contributed by atoms with Gasteiger partial charge in [0, 0.05) is 5.75 Å². The highest BCUT2D eigenvalue weighted by molar-refractivity contribution is 7.99. The highest BCUT2D eigenvalue weighted by Crippen LogP contribution is 2.13. The summed E-state index contributed by atoms with van der Waals surface area (Å²) in [5.41, 5.74) is 2.37. The number of unbranched alkanes of at least 4 members (excludes halogenated alkanes) is 1. The Morgan fingerprint density at radius 3 is 2.76 bits per heavy atom. The molecule has 0 heterocycles. The van der Waals surface area contributed by atoms with Crippen LogP contribution in [0.1, 0.15) is 37.3 Å². The van der Waals surface area contributed by atoms with Crippen molar-refractivity contribution in [2.24, 2.45) is 0 Å². The van der Waals surface area contributed by atoms with E-state index in [-0.39, 0.29) is 11.7 Å². The summed E-state index contributed by atoms with van der Waals surface area (Å²) in [4.78, 5) is 22.8. The number of benzene rings is 1. The predicted octanol–water partition coefficient (Wildman–Crippen LogP) is 2.99. The van der Waals surface area contributed by atoms with Crippen LogP contribution in [-0.4, -0.2) is 28.8 Å². The summed E-state index contributed by atoms with van der Waals surface area (Å²) >= 11 is 1.50. The molecular weight excluding hydrogens is 286 g/mol. The third-order valence-electron chi connectivity index (χ3n) is 3.06. The summed E-state index contributed by atoms with van der Waals surface area (Å²) in [5, 5.41) is 11.7. The Bertz CT molecular complexity index is 476. The molecule has 0 radical (unpaired) electrons. The molecule has 2 N–H and O–H groups in total. The van der Waals surface area contributed by atoms with E-state index in [1.165, 1.54) is 22.9 Å². The fraction of sp³-hybridized carbons (Fsp3) is 0.500. The van der Waals surface area contributed by atoms with Gasteiger partial charge in [-0.2, -0.15) is 0 Å². The van der Waals surface area contributed by atoms with Gasteiger partial charge >= 0.3 is 5.97 Å². The fourth-order valence-electron chi connectivity index (χ4n) is 1.97. The summed E-state index contributed by atoms with van der Waals surface area (Å²) in [6.45, 7) is 4.03. The van der Waals surface area contributed by atoms with E-state index in [9.17, 15) is 9.59 Å². The van der Waals surface area contributed by atoms with E-state index < -0.39 is 12.0 Å². The molecule has 116 valence electrons. The maximum Gasteiger partial charge on any atom is 0.326 e. The van der Waals surface area contributed by atoms with Crippen LogP contribution in [0.4, 0.5) is 0 Å². The third-order valence-corrected chi connectivity index (χ3v) is 4.07. The Kier molecular flexibility index (Phi) is 7.90. The SMILES string of the molecule is CCCC[C@H](NC(=O)CSCc1cccc(C)c1)C(=O)O. The van der Waals surface area contributed by atoms with Gasteiger partial charge in [-0.05, 0) is 18.9 Å². The lowest BCUT2D eigenvalue weighted by atomic mass is 10.1. The van der Waals surface area contributed by atoms with Gasteiger partial charge in [-0.25, -0.2) is 4.79 Å². The van der Waals surface area contributed by atoms with Crippen LogP contribution < -0.4 is 5.32 Å². The van der Waals surface area contributed by atoms with Gasteiger partial charge in [0.25, 0.3) is 0 Å². The summed E-state index contributed by atoms with van der Waals surface area (Å²) in [5.74, 6) is -0.136. The van der Waals surface area contributed by atoms with Crippen molar-refractivity contribution >= 4 is 23.6 Å². The first-order valence-electron chi connectivity index (χ1n) is 7.18. The van der Waals surface area contributed by atoms with Crippen molar-refractivity contribution in [1.82, 2.24) is 5.32 Å². The molecule has 0 aromatic heterocycles. The first kappa shape index (κ1) is 17.6. The van der Waals surface area contributed by atoms with E-state index in [1.54, 1.807) is 0 Å². The number of nitrogens with one attached hydrogen (secondary N) is 1. The summed E-state index contributed by atoms with van der Waals surface area (Å²) in [6.07, 6.45) is 2.20. The molecule has 0 saturated heterocycles. The molecule has 0 unspecified atom stereocenters. The highest BCUT2D eigenvalue weighted by atomic mass is 32.2. The van der Waals surface area contributed by atoms with Gasteiger partial charge in [0.1, 0.15) is 6.04 Å². The summed E-state index contributed by atoms with van der Waals surface area (Å²) < 4.78 is 0. The predicted molar refractivity (Wildman–Crippen MR) is 86.4 cm³/mol. The maximum absolute atomic E-state index is 11.8. The molecule has 0 aliphatic carbocycles. The van der Waals surface area contributed by atoms with Gasteiger partial charge in [-0.1, -0.05) is 49.6 Å². The molecular formula is C16H23NO3S. The van der Waals surface area contributed by atoms with Crippen molar-refractivity contribution in [3.63, 3.8) is 0 Å². The van der Waals surface area contributed by atoms with Crippen molar-refractivity contribution in [1.29, 1.82) is 0 Å². The van der Waals surface area contributed by atoms with Crippen molar-refractivity contribution in [3.8, 4) is 0 Å². The zero-order valence-corrected chi connectivity index (χ0v) is 13.4. The first-order valence-corrected chi connectivity index (χ1v) is 8.34. The molecule has 0 fully saturated rings. The van der Waals surface area contributed by atoms with Gasteiger partial charge in [0.15, 0.2) is 0 Å². The van der Waals surface area contributed by atoms with Crippen molar-refractivity contribution in [3.05, 3.63) is 35.4 Å². The normalized spacial score (nSPS) is 11.9. The van der Waals surface area contributed by atoms with Gasteiger partial charge in [0.2, 0.25) is 5.91 Å². The number of hydrogen-bond acceptors (Lipinski definition) is 3. The number of thioether (sulfide) groups is 1. The Labute approximate surface area is 130 Å². The van der Waals surface area contributed by atoms with Crippen molar-refractivity contribution < 1.29 is 14.7 Å². The second-order valence-corrected chi connectivity index (χ2v) is 6.07. The molecule has 0 aliphatic heterocycles. The number of aryl methyl sites for hydroxylation is 1. The number of carbonyl (C=O) groups is 2. The van der Waals surface area contributed by atoms with Crippen LogP contribution >= 0.6 is 11.8 Å². The minimum Gasteiger partial charge on any atom is -0.480 e. The van der Waals surface area contributed by atoms with E-state index in [4.69, 9.17) is 5.11 Å². The lowest BCUT2D eigenvalue weighted by Gasteiger charge is -2.13. The molecule has 1 amide bonds. The highest BCUT2D eigenvalue weighted by Gasteiger charge is 2.18. The van der Waals surface area contributed by atoms with Crippen LogP contribution in [0.15, 0.2) is 24.3 Å². The van der Waals surface area contributed by atoms with Gasteiger partial charge in [-0.15, -0.1) is 11.8 Å². The number of carbonyl (C=O) groups excluding carboxylic acids is 1. The summed E-state index contributed by atoms with van der Waals surface area (Å²) in [6, 6.07) is 7.38. The quantitative estimate of drug-likeness (QED) is 0.736. The van der Waals surface area contributed by atoms with Crippen LogP contribution in [0.5, 0.6) is 0 Å². The standard InChI is InChI=1S/C16H23NO3S/c1-3-4-8-14(16(19)20)17-15(18)11-21-10-13-7-5-6-12(2)9-13/h5-7,9,14H,3-4,8,10-11H2,1-2H3,(H,17,18)(H,19,20)/t14-/m0/s1. The molecule has 1 aromatic rings. The molecule has 1 rings (SSSR count). The molecule has 0 bridgehead atoms. The second kappa shape index (κ2) is 9.45. The van der Waals surface area contributed by atoms with Gasteiger partial charge in [0.05, 0.1) is 5.75 Å². The molecule has 0 spiro atoms. The topological polar surface area (TPSA) is 66.4 Å². The van der Waals surface area contributed by atoms with E-state index >= 15 is 0 Å². The molecule has 21 heavy (non-hydrogen) atoms. The molecule has 0 saturated carbocycles. The van der Waals surface area contributed by atoms with Crippen molar-refractivity contribution in [2.45, 2.75) is 44.9 Å². The number of carboxylic acids is 1. The molecule has 1 atom stereocenters. The minimum absolute atomic E-state index is 0.212. The lowest BCUT2D eigenvalue weighted by molar-refractivity contribution is -0.141. The van der Waals surface area contributed by atoms with Crippen LogP contribution in [0, 0.1) is 6.92 Å². The lowest BCUT2D eigenvalue weighted by Crippen LogP contribution is -2.41. The minimum atomic E-state index is -0.958. The molecule has 0 aliphatic rings. The second-order valence-electron chi connectivity index (χ2n) is 5.08. The van der Waals surface area contributed by atoms with E-state index in [0.717, 1.165) is 18.6 Å². The Morgan fingerprint density at radius 1 is 1.38 bits per heavy atom. The van der Waals surface area contributed by atoms with E-state index in [1.807, 2.05) is 32.0 Å².